The maximum Gasteiger partial charge on any atom is 0.140 e. The molecular formula is C12H20BrN3. The van der Waals surface area contributed by atoms with Gasteiger partial charge in [-0.2, -0.15) is 0 Å². The summed E-state index contributed by atoms with van der Waals surface area (Å²) in [5, 5.41) is 3.45. The number of rotatable bonds is 4. The predicted molar refractivity (Wildman–Crippen MR) is 73.6 cm³/mol. The van der Waals surface area contributed by atoms with Gasteiger partial charge >= 0.3 is 0 Å². The summed E-state index contributed by atoms with van der Waals surface area (Å²) in [4.78, 5) is 4.33. The van der Waals surface area contributed by atoms with Crippen molar-refractivity contribution >= 4 is 27.4 Å². The van der Waals surface area contributed by atoms with E-state index in [4.69, 9.17) is 5.73 Å². The average molecular weight is 286 g/mol. The molecule has 3 N–H and O–H groups in total. The third-order valence-corrected chi connectivity index (χ3v) is 3.84. The fraction of sp³-hybridized carbons (Fsp3) is 0.583. The normalized spacial score (nSPS) is 12.9. The third kappa shape index (κ3) is 2.88. The van der Waals surface area contributed by atoms with Crippen molar-refractivity contribution in [2.75, 3.05) is 11.1 Å². The lowest BCUT2D eigenvalue weighted by molar-refractivity contribution is 0.509. The molecule has 0 amide bonds. The highest BCUT2D eigenvalue weighted by atomic mass is 79.9. The van der Waals surface area contributed by atoms with Crippen molar-refractivity contribution < 1.29 is 0 Å². The van der Waals surface area contributed by atoms with Crippen LogP contribution in [0.25, 0.3) is 0 Å². The summed E-state index contributed by atoms with van der Waals surface area (Å²) >= 11 is 3.53. The molecule has 0 aliphatic heterocycles. The molecule has 3 nitrogen and oxygen atoms in total. The summed E-state index contributed by atoms with van der Waals surface area (Å²) in [6, 6.07) is 0.437. The van der Waals surface area contributed by atoms with E-state index in [-0.39, 0.29) is 0 Å². The molecule has 1 heterocycles. The molecule has 0 saturated carbocycles. The van der Waals surface area contributed by atoms with Gasteiger partial charge < -0.3 is 11.1 Å². The molecule has 4 heteroatoms. The molecule has 1 aromatic rings. The molecule has 90 valence electrons. The topological polar surface area (TPSA) is 50.9 Å². The maximum absolute atomic E-state index is 5.79. The molecular weight excluding hydrogens is 266 g/mol. The molecule has 0 aliphatic carbocycles. The highest BCUT2D eigenvalue weighted by Crippen LogP contribution is 2.29. The van der Waals surface area contributed by atoms with Crippen molar-refractivity contribution in [3.05, 3.63) is 16.2 Å². The van der Waals surface area contributed by atoms with Gasteiger partial charge in [0.25, 0.3) is 0 Å². The van der Waals surface area contributed by atoms with Crippen LogP contribution in [-0.2, 0) is 0 Å². The van der Waals surface area contributed by atoms with Crippen molar-refractivity contribution in [1.29, 1.82) is 0 Å². The summed E-state index contributed by atoms with van der Waals surface area (Å²) in [7, 11) is 0. The van der Waals surface area contributed by atoms with Gasteiger partial charge in [0, 0.05) is 6.04 Å². The fourth-order valence-corrected chi connectivity index (χ4v) is 2.05. The van der Waals surface area contributed by atoms with Gasteiger partial charge in [0.05, 0.1) is 16.4 Å². The summed E-state index contributed by atoms with van der Waals surface area (Å²) in [6.07, 6.45) is 2.78. The number of nitrogens with one attached hydrogen (secondary N) is 1. The van der Waals surface area contributed by atoms with Crippen molar-refractivity contribution in [2.45, 2.75) is 40.2 Å². The van der Waals surface area contributed by atoms with Crippen molar-refractivity contribution in [3.63, 3.8) is 0 Å². The van der Waals surface area contributed by atoms with Gasteiger partial charge in [-0.05, 0) is 40.8 Å². The molecule has 0 bridgehead atoms. The van der Waals surface area contributed by atoms with Crippen LogP contribution in [-0.4, -0.2) is 11.0 Å². The second kappa shape index (κ2) is 5.53. The Bertz CT molecular complexity index is 364. The van der Waals surface area contributed by atoms with Gasteiger partial charge in [0.1, 0.15) is 5.82 Å². The third-order valence-electron chi connectivity index (χ3n) is 2.87. The number of nitrogen functional groups attached to an aromatic ring is 1. The van der Waals surface area contributed by atoms with Gasteiger partial charge in [0.15, 0.2) is 0 Å². The molecule has 1 unspecified atom stereocenters. The summed E-state index contributed by atoms with van der Waals surface area (Å²) in [5.41, 5.74) is 7.55. The van der Waals surface area contributed by atoms with Gasteiger partial charge in [-0.1, -0.05) is 20.8 Å². The molecule has 1 aromatic heterocycles. The molecule has 0 aliphatic rings. The first kappa shape index (κ1) is 13.3. The van der Waals surface area contributed by atoms with Crippen LogP contribution >= 0.6 is 15.9 Å². The van der Waals surface area contributed by atoms with Crippen LogP contribution in [0.15, 0.2) is 10.7 Å². The van der Waals surface area contributed by atoms with E-state index in [1.807, 2.05) is 6.92 Å². The molecule has 0 radical (unpaired) electrons. The maximum atomic E-state index is 5.79. The van der Waals surface area contributed by atoms with E-state index < -0.39 is 0 Å². The van der Waals surface area contributed by atoms with Crippen LogP contribution in [0.3, 0.4) is 0 Å². The summed E-state index contributed by atoms with van der Waals surface area (Å²) in [6.45, 7) is 8.58. The zero-order valence-corrected chi connectivity index (χ0v) is 11.9. The number of nitrogens with zero attached hydrogens (tertiary/aromatic N) is 1. The standard InChI is InChI=1S/C12H20BrN3/c1-5-10(7(2)3)16-12-11(13)8(4)9(14)6-15-12/h6-7,10H,5,14H2,1-4H3,(H,15,16). The van der Waals surface area contributed by atoms with Crippen molar-refractivity contribution in [2.24, 2.45) is 5.92 Å². The molecule has 0 aromatic carbocycles. The second-order valence-electron chi connectivity index (χ2n) is 4.40. The zero-order valence-electron chi connectivity index (χ0n) is 10.3. The number of hydrogen-bond acceptors (Lipinski definition) is 3. The Morgan fingerprint density at radius 3 is 2.62 bits per heavy atom. The first-order valence-corrected chi connectivity index (χ1v) is 6.43. The van der Waals surface area contributed by atoms with Crippen molar-refractivity contribution in [1.82, 2.24) is 4.98 Å². The van der Waals surface area contributed by atoms with E-state index in [2.05, 4.69) is 47.0 Å². The van der Waals surface area contributed by atoms with Gasteiger partial charge in [-0.3, -0.25) is 0 Å². The Morgan fingerprint density at radius 1 is 1.50 bits per heavy atom. The Kier molecular flexibility index (Phi) is 4.59. The molecule has 1 atom stereocenters. The van der Waals surface area contributed by atoms with E-state index in [0.717, 1.165) is 28.0 Å². The van der Waals surface area contributed by atoms with E-state index in [9.17, 15) is 0 Å². The summed E-state index contributed by atoms with van der Waals surface area (Å²) < 4.78 is 0.964. The molecule has 0 spiro atoms. The first-order valence-electron chi connectivity index (χ1n) is 5.64. The highest BCUT2D eigenvalue weighted by molar-refractivity contribution is 9.10. The Morgan fingerprint density at radius 2 is 2.12 bits per heavy atom. The molecule has 0 saturated heterocycles. The molecule has 0 fully saturated rings. The Labute approximate surface area is 106 Å². The number of hydrogen-bond donors (Lipinski definition) is 2. The van der Waals surface area contributed by atoms with Crippen LogP contribution < -0.4 is 11.1 Å². The van der Waals surface area contributed by atoms with Gasteiger partial charge in [-0.25, -0.2) is 4.98 Å². The predicted octanol–water partition coefficient (Wildman–Crippen LogP) is 3.58. The lowest BCUT2D eigenvalue weighted by Crippen LogP contribution is -2.25. The SMILES string of the molecule is CCC(Nc1ncc(N)c(C)c1Br)C(C)C. The number of nitrogens with two attached hydrogens (primary N) is 1. The quantitative estimate of drug-likeness (QED) is 0.889. The van der Waals surface area contributed by atoms with E-state index in [0.29, 0.717) is 12.0 Å². The number of anilines is 2. The minimum absolute atomic E-state index is 0.437. The van der Waals surface area contributed by atoms with Gasteiger partial charge in [0.2, 0.25) is 0 Å². The minimum atomic E-state index is 0.437. The number of halogens is 1. The number of aromatic nitrogens is 1. The van der Waals surface area contributed by atoms with E-state index in [1.165, 1.54) is 0 Å². The van der Waals surface area contributed by atoms with Gasteiger partial charge in [-0.15, -0.1) is 0 Å². The van der Waals surface area contributed by atoms with Crippen LogP contribution in [0.5, 0.6) is 0 Å². The minimum Gasteiger partial charge on any atom is -0.397 e. The zero-order chi connectivity index (χ0) is 12.3. The highest BCUT2D eigenvalue weighted by Gasteiger charge is 2.14. The van der Waals surface area contributed by atoms with Crippen LogP contribution in [0.1, 0.15) is 32.8 Å². The Hall–Kier alpha value is -0.770. The smallest absolute Gasteiger partial charge is 0.140 e. The van der Waals surface area contributed by atoms with Crippen LogP contribution in [0, 0.1) is 12.8 Å². The van der Waals surface area contributed by atoms with Crippen LogP contribution in [0.2, 0.25) is 0 Å². The average Bonchev–Trinajstić information content (AvgIpc) is 2.25. The monoisotopic (exact) mass is 285 g/mol. The number of pyridine rings is 1. The largest absolute Gasteiger partial charge is 0.397 e. The lowest BCUT2D eigenvalue weighted by atomic mass is 10.0. The molecule has 16 heavy (non-hydrogen) atoms. The van der Waals surface area contributed by atoms with E-state index >= 15 is 0 Å². The second-order valence-corrected chi connectivity index (χ2v) is 5.20. The Balaban J connectivity index is 2.93. The van der Waals surface area contributed by atoms with Crippen molar-refractivity contribution in [3.8, 4) is 0 Å². The summed E-state index contributed by atoms with van der Waals surface area (Å²) in [5.74, 6) is 1.46. The lowest BCUT2D eigenvalue weighted by Gasteiger charge is -2.22. The van der Waals surface area contributed by atoms with Crippen LogP contribution in [0.4, 0.5) is 11.5 Å². The fourth-order valence-electron chi connectivity index (χ4n) is 1.61. The molecule has 1 rings (SSSR count). The van der Waals surface area contributed by atoms with E-state index in [1.54, 1.807) is 6.20 Å². The first-order chi connectivity index (χ1) is 7.47.